The van der Waals surface area contributed by atoms with Gasteiger partial charge in [0.15, 0.2) is 0 Å². The van der Waals surface area contributed by atoms with Crippen molar-refractivity contribution >= 4 is 38.6 Å². The second-order valence-electron chi connectivity index (χ2n) is 6.05. The van der Waals surface area contributed by atoms with Crippen LogP contribution in [0.5, 0.6) is 5.75 Å². The Morgan fingerprint density at radius 1 is 1.27 bits per heavy atom. The van der Waals surface area contributed by atoms with Gasteiger partial charge in [-0.1, -0.05) is 15.9 Å². The van der Waals surface area contributed by atoms with Crippen LogP contribution in [0.15, 0.2) is 47.2 Å². The SMILES string of the molecule is COC(=O)c1ccc2ncnc(NC3COc4ccc(Br)cc4C3)c2c1. The molecular weight excluding hydrogens is 398 g/mol. The molecule has 6 nitrogen and oxygen atoms in total. The molecule has 0 spiro atoms. The molecule has 1 unspecified atom stereocenters. The van der Waals surface area contributed by atoms with E-state index in [1.54, 1.807) is 18.2 Å². The maximum atomic E-state index is 11.8. The van der Waals surface area contributed by atoms with Crippen molar-refractivity contribution in [3.05, 3.63) is 58.3 Å². The van der Waals surface area contributed by atoms with Crippen LogP contribution in [0.1, 0.15) is 15.9 Å². The second kappa shape index (κ2) is 6.92. The summed E-state index contributed by atoms with van der Waals surface area (Å²) in [4.78, 5) is 20.4. The van der Waals surface area contributed by atoms with E-state index in [1.807, 2.05) is 12.1 Å². The number of carbonyl (C=O) groups excluding carboxylic acids is 1. The van der Waals surface area contributed by atoms with Crippen molar-refractivity contribution in [1.82, 2.24) is 9.97 Å². The van der Waals surface area contributed by atoms with Gasteiger partial charge in [-0.05, 0) is 48.4 Å². The summed E-state index contributed by atoms with van der Waals surface area (Å²) >= 11 is 3.50. The molecule has 0 fully saturated rings. The summed E-state index contributed by atoms with van der Waals surface area (Å²) in [6.45, 7) is 0.539. The van der Waals surface area contributed by atoms with Crippen molar-refractivity contribution < 1.29 is 14.3 Å². The molecule has 132 valence electrons. The van der Waals surface area contributed by atoms with Crippen molar-refractivity contribution in [3.8, 4) is 5.75 Å². The van der Waals surface area contributed by atoms with E-state index >= 15 is 0 Å². The van der Waals surface area contributed by atoms with Gasteiger partial charge in [-0.2, -0.15) is 0 Å². The van der Waals surface area contributed by atoms with Crippen LogP contribution in [-0.4, -0.2) is 35.7 Å². The molecule has 1 N–H and O–H groups in total. The molecule has 1 aliphatic heterocycles. The summed E-state index contributed by atoms with van der Waals surface area (Å²) in [5, 5.41) is 4.20. The van der Waals surface area contributed by atoms with Crippen LogP contribution < -0.4 is 10.1 Å². The highest BCUT2D eigenvalue weighted by atomic mass is 79.9. The normalized spacial score (nSPS) is 15.8. The molecule has 1 aliphatic rings. The summed E-state index contributed by atoms with van der Waals surface area (Å²) in [6.07, 6.45) is 2.33. The Morgan fingerprint density at radius 2 is 2.15 bits per heavy atom. The third-order valence-electron chi connectivity index (χ3n) is 4.33. The van der Waals surface area contributed by atoms with Gasteiger partial charge in [0.1, 0.15) is 24.5 Å². The highest BCUT2D eigenvalue weighted by Gasteiger charge is 2.21. The zero-order valence-electron chi connectivity index (χ0n) is 14.0. The molecule has 3 aromatic rings. The summed E-state index contributed by atoms with van der Waals surface area (Å²) in [6, 6.07) is 11.3. The van der Waals surface area contributed by atoms with Crippen LogP contribution >= 0.6 is 15.9 Å². The molecule has 2 aromatic carbocycles. The molecule has 4 rings (SSSR count). The monoisotopic (exact) mass is 413 g/mol. The second-order valence-corrected chi connectivity index (χ2v) is 6.97. The van der Waals surface area contributed by atoms with Crippen molar-refractivity contribution in [1.29, 1.82) is 0 Å². The topological polar surface area (TPSA) is 73.3 Å². The van der Waals surface area contributed by atoms with Gasteiger partial charge in [0.05, 0.1) is 24.2 Å². The van der Waals surface area contributed by atoms with Crippen molar-refractivity contribution in [3.63, 3.8) is 0 Å². The number of methoxy groups -OCH3 is 1. The number of esters is 1. The quantitative estimate of drug-likeness (QED) is 0.661. The minimum Gasteiger partial charge on any atom is -0.491 e. The van der Waals surface area contributed by atoms with E-state index in [0.717, 1.165) is 33.1 Å². The number of rotatable bonds is 3. The van der Waals surface area contributed by atoms with Crippen LogP contribution in [0.25, 0.3) is 10.9 Å². The van der Waals surface area contributed by atoms with E-state index in [1.165, 1.54) is 13.4 Å². The highest BCUT2D eigenvalue weighted by Crippen LogP contribution is 2.29. The lowest BCUT2D eigenvalue weighted by Gasteiger charge is -2.27. The lowest BCUT2D eigenvalue weighted by atomic mass is 10.0. The van der Waals surface area contributed by atoms with Crippen LogP contribution in [-0.2, 0) is 11.2 Å². The van der Waals surface area contributed by atoms with E-state index in [-0.39, 0.29) is 12.0 Å². The summed E-state index contributed by atoms with van der Waals surface area (Å²) in [5.41, 5.74) is 2.36. The van der Waals surface area contributed by atoms with Crippen LogP contribution in [0.2, 0.25) is 0 Å². The molecule has 1 atom stereocenters. The number of hydrogen-bond donors (Lipinski definition) is 1. The van der Waals surface area contributed by atoms with Gasteiger partial charge in [-0.3, -0.25) is 0 Å². The zero-order chi connectivity index (χ0) is 18.1. The van der Waals surface area contributed by atoms with E-state index in [2.05, 4.69) is 37.3 Å². The molecule has 0 amide bonds. The Morgan fingerprint density at radius 3 is 3.00 bits per heavy atom. The number of carbonyl (C=O) groups is 1. The first kappa shape index (κ1) is 16.8. The van der Waals surface area contributed by atoms with Gasteiger partial charge in [-0.25, -0.2) is 14.8 Å². The first-order valence-corrected chi connectivity index (χ1v) is 8.94. The summed E-state index contributed by atoms with van der Waals surface area (Å²) in [7, 11) is 1.36. The summed E-state index contributed by atoms with van der Waals surface area (Å²) < 4.78 is 11.7. The molecule has 0 saturated carbocycles. The highest BCUT2D eigenvalue weighted by molar-refractivity contribution is 9.10. The van der Waals surface area contributed by atoms with Gasteiger partial charge < -0.3 is 14.8 Å². The number of nitrogens with zero attached hydrogens (tertiary/aromatic N) is 2. The third kappa shape index (κ3) is 3.22. The molecular formula is C19H16BrN3O3. The van der Waals surface area contributed by atoms with Gasteiger partial charge >= 0.3 is 5.97 Å². The molecule has 0 aliphatic carbocycles. The first-order chi connectivity index (χ1) is 12.6. The largest absolute Gasteiger partial charge is 0.491 e. The zero-order valence-corrected chi connectivity index (χ0v) is 15.6. The number of aromatic nitrogens is 2. The average Bonchev–Trinajstić information content (AvgIpc) is 2.67. The number of benzene rings is 2. The Bertz CT molecular complexity index is 993. The molecule has 0 bridgehead atoms. The fourth-order valence-corrected chi connectivity index (χ4v) is 3.47. The van der Waals surface area contributed by atoms with Crippen LogP contribution in [0, 0.1) is 0 Å². The third-order valence-corrected chi connectivity index (χ3v) is 4.82. The van der Waals surface area contributed by atoms with Crippen LogP contribution in [0.3, 0.4) is 0 Å². The van der Waals surface area contributed by atoms with Gasteiger partial charge in [0.2, 0.25) is 0 Å². The van der Waals surface area contributed by atoms with E-state index < -0.39 is 0 Å². The van der Waals surface area contributed by atoms with Crippen LogP contribution in [0.4, 0.5) is 5.82 Å². The lowest BCUT2D eigenvalue weighted by Crippen LogP contribution is -2.33. The molecule has 0 radical (unpaired) electrons. The van der Waals surface area contributed by atoms with E-state index in [9.17, 15) is 4.79 Å². The number of hydrogen-bond acceptors (Lipinski definition) is 6. The van der Waals surface area contributed by atoms with Gasteiger partial charge in [0.25, 0.3) is 0 Å². The Hall–Kier alpha value is -2.67. The first-order valence-electron chi connectivity index (χ1n) is 8.15. The van der Waals surface area contributed by atoms with E-state index in [4.69, 9.17) is 9.47 Å². The minimum absolute atomic E-state index is 0.0664. The number of ether oxygens (including phenoxy) is 2. The standard InChI is InChI=1S/C19H16BrN3O3/c1-25-19(24)11-2-4-16-15(8-11)18(22-10-21-16)23-14-7-12-6-13(20)3-5-17(12)26-9-14/h2-6,8,10,14H,7,9H2,1H3,(H,21,22,23). The predicted molar refractivity (Wildman–Crippen MR) is 102 cm³/mol. The Kier molecular flexibility index (Phi) is 4.46. The predicted octanol–water partition coefficient (Wildman–Crippen LogP) is 3.59. The molecule has 26 heavy (non-hydrogen) atoms. The Labute approximate surface area is 158 Å². The fraction of sp³-hybridized carbons (Fsp3) is 0.211. The molecule has 0 saturated heterocycles. The number of nitrogens with one attached hydrogen (secondary N) is 1. The Balaban J connectivity index is 1.64. The van der Waals surface area contributed by atoms with Gasteiger partial charge in [0, 0.05) is 9.86 Å². The maximum absolute atomic E-state index is 11.8. The molecule has 1 aromatic heterocycles. The van der Waals surface area contributed by atoms with Crippen molar-refractivity contribution in [2.45, 2.75) is 12.5 Å². The minimum atomic E-state index is -0.388. The van der Waals surface area contributed by atoms with Crippen molar-refractivity contribution in [2.24, 2.45) is 0 Å². The molecule has 2 heterocycles. The van der Waals surface area contributed by atoms with E-state index in [0.29, 0.717) is 18.0 Å². The molecule has 7 heteroatoms. The number of fused-ring (bicyclic) bond motifs is 2. The van der Waals surface area contributed by atoms with Crippen molar-refractivity contribution in [2.75, 3.05) is 19.0 Å². The number of anilines is 1. The smallest absolute Gasteiger partial charge is 0.337 e. The fourth-order valence-electron chi connectivity index (χ4n) is 3.07. The van der Waals surface area contributed by atoms with Gasteiger partial charge in [-0.15, -0.1) is 0 Å². The average molecular weight is 414 g/mol. The number of halogens is 1. The lowest BCUT2D eigenvalue weighted by molar-refractivity contribution is 0.0601. The maximum Gasteiger partial charge on any atom is 0.337 e. The summed E-state index contributed by atoms with van der Waals surface area (Å²) in [5.74, 6) is 1.20.